The molecule has 1 aromatic heterocycles. The number of carbonyl (C=O) groups excluding carboxylic acids is 2. The summed E-state index contributed by atoms with van der Waals surface area (Å²) in [5.41, 5.74) is 3.21. The maximum Gasteiger partial charge on any atom is 0.416 e. The summed E-state index contributed by atoms with van der Waals surface area (Å²) in [5, 5.41) is 0. The second-order valence-corrected chi connectivity index (χ2v) is 9.70. The summed E-state index contributed by atoms with van der Waals surface area (Å²) >= 11 is 0. The van der Waals surface area contributed by atoms with Crippen molar-refractivity contribution in [2.75, 3.05) is 26.2 Å². The van der Waals surface area contributed by atoms with Gasteiger partial charge in [0.25, 0.3) is 5.91 Å². The monoisotopic (exact) mass is 528 g/mol. The van der Waals surface area contributed by atoms with Gasteiger partial charge in [0.1, 0.15) is 6.26 Å². The largest absolute Gasteiger partial charge is 0.447 e. The third-order valence-electron chi connectivity index (χ3n) is 6.69. The van der Waals surface area contributed by atoms with Crippen LogP contribution in [0.25, 0.3) is 0 Å². The van der Waals surface area contributed by atoms with Gasteiger partial charge in [0, 0.05) is 46.2 Å². The first kappa shape index (κ1) is 27.4. The third kappa shape index (κ3) is 6.80. The third-order valence-corrected chi connectivity index (χ3v) is 6.69. The molecule has 0 unspecified atom stereocenters. The highest BCUT2D eigenvalue weighted by molar-refractivity contribution is 5.92. The van der Waals surface area contributed by atoms with Gasteiger partial charge >= 0.3 is 6.18 Å². The van der Waals surface area contributed by atoms with Gasteiger partial charge in [0.2, 0.25) is 11.8 Å². The Bertz CT molecular complexity index is 1300. The van der Waals surface area contributed by atoms with Gasteiger partial charge in [0.05, 0.1) is 12.1 Å². The standard InChI is InChI=1S/C28H31F3N4O3/c1-19-7-8-23(20(2)13-19)16-33(15-22-5-4-6-24(14-22)28(29,30)31)17-26-32-25(18-38-26)27(37)35-11-9-34(10-12-35)21(3)36/h4-8,13-14,18H,9-12,15-17H2,1-3H3. The number of aryl methyl sites for hydroxylation is 2. The van der Waals surface area contributed by atoms with Gasteiger partial charge in [-0.25, -0.2) is 4.98 Å². The predicted molar refractivity (Wildman–Crippen MR) is 135 cm³/mol. The molecular weight excluding hydrogens is 497 g/mol. The Labute approximate surface area is 219 Å². The highest BCUT2D eigenvalue weighted by Crippen LogP contribution is 2.30. The molecule has 3 aromatic rings. The van der Waals surface area contributed by atoms with Crippen LogP contribution in [0.1, 0.15) is 51.1 Å². The van der Waals surface area contributed by atoms with E-state index >= 15 is 0 Å². The van der Waals surface area contributed by atoms with Gasteiger partial charge in [0.15, 0.2) is 5.69 Å². The van der Waals surface area contributed by atoms with Gasteiger partial charge in [-0.3, -0.25) is 14.5 Å². The Morgan fingerprint density at radius 1 is 0.974 bits per heavy atom. The van der Waals surface area contributed by atoms with Gasteiger partial charge in [-0.2, -0.15) is 13.2 Å². The number of hydrogen-bond donors (Lipinski definition) is 0. The minimum absolute atomic E-state index is 0.0227. The molecule has 10 heteroatoms. The molecule has 0 radical (unpaired) electrons. The molecular formula is C28H31F3N4O3. The molecule has 0 saturated carbocycles. The summed E-state index contributed by atoms with van der Waals surface area (Å²) in [5.74, 6) is -0.0000290. The lowest BCUT2D eigenvalue weighted by molar-refractivity contribution is -0.137. The van der Waals surface area contributed by atoms with E-state index in [0.717, 1.165) is 28.8 Å². The molecule has 4 rings (SSSR count). The average molecular weight is 529 g/mol. The summed E-state index contributed by atoms with van der Waals surface area (Å²) in [6, 6.07) is 11.3. The molecule has 0 bridgehead atoms. The number of alkyl halides is 3. The van der Waals surface area contributed by atoms with Gasteiger partial charge < -0.3 is 14.2 Å². The summed E-state index contributed by atoms with van der Waals surface area (Å²) in [6.07, 6.45) is -3.11. The maximum atomic E-state index is 13.3. The van der Waals surface area contributed by atoms with E-state index in [9.17, 15) is 22.8 Å². The fourth-order valence-corrected chi connectivity index (χ4v) is 4.60. The second kappa shape index (κ2) is 11.4. The minimum Gasteiger partial charge on any atom is -0.447 e. The van der Waals surface area contributed by atoms with Crippen molar-refractivity contribution in [3.05, 3.63) is 88.1 Å². The molecule has 0 aliphatic carbocycles. The quantitative estimate of drug-likeness (QED) is 0.440. The number of benzene rings is 2. The summed E-state index contributed by atoms with van der Waals surface area (Å²) in [6.45, 7) is 8.15. The zero-order chi connectivity index (χ0) is 27.4. The highest BCUT2D eigenvalue weighted by Gasteiger charge is 2.30. The molecule has 38 heavy (non-hydrogen) atoms. The fraction of sp³-hybridized carbons (Fsp3) is 0.393. The van der Waals surface area contributed by atoms with Gasteiger partial charge in [-0.05, 0) is 36.6 Å². The van der Waals surface area contributed by atoms with Crippen LogP contribution in [0, 0.1) is 13.8 Å². The van der Waals surface area contributed by atoms with Crippen LogP contribution in [0.2, 0.25) is 0 Å². The van der Waals surface area contributed by atoms with Crippen molar-refractivity contribution in [2.24, 2.45) is 0 Å². The van der Waals surface area contributed by atoms with Crippen molar-refractivity contribution in [1.82, 2.24) is 19.7 Å². The van der Waals surface area contributed by atoms with E-state index in [1.807, 2.05) is 30.9 Å². The lowest BCUT2D eigenvalue weighted by atomic mass is 10.0. The molecule has 0 spiro atoms. The number of halogens is 3. The number of hydrogen-bond acceptors (Lipinski definition) is 5. The van der Waals surface area contributed by atoms with E-state index in [4.69, 9.17) is 4.42 Å². The van der Waals surface area contributed by atoms with E-state index in [-0.39, 0.29) is 30.6 Å². The van der Waals surface area contributed by atoms with E-state index in [1.54, 1.807) is 15.9 Å². The fourth-order valence-electron chi connectivity index (χ4n) is 4.60. The number of rotatable bonds is 7. The van der Waals surface area contributed by atoms with E-state index < -0.39 is 11.7 Å². The van der Waals surface area contributed by atoms with Crippen molar-refractivity contribution in [3.8, 4) is 0 Å². The number of nitrogens with zero attached hydrogens (tertiary/aromatic N) is 4. The van der Waals surface area contributed by atoms with Crippen LogP contribution in [-0.4, -0.2) is 57.7 Å². The Kier molecular flexibility index (Phi) is 8.20. The van der Waals surface area contributed by atoms with Crippen LogP contribution >= 0.6 is 0 Å². The predicted octanol–water partition coefficient (Wildman–Crippen LogP) is 4.82. The van der Waals surface area contributed by atoms with Crippen LogP contribution in [0.4, 0.5) is 13.2 Å². The molecule has 1 aliphatic rings. The maximum absolute atomic E-state index is 13.3. The molecule has 0 N–H and O–H groups in total. The lowest BCUT2D eigenvalue weighted by Crippen LogP contribution is -2.50. The normalized spacial score (nSPS) is 14.3. The zero-order valence-electron chi connectivity index (χ0n) is 21.7. The zero-order valence-corrected chi connectivity index (χ0v) is 21.7. The van der Waals surface area contributed by atoms with E-state index in [2.05, 4.69) is 11.1 Å². The van der Waals surface area contributed by atoms with Crippen molar-refractivity contribution in [3.63, 3.8) is 0 Å². The molecule has 202 valence electrons. The summed E-state index contributed by atoms with van der Waals surface area (Å²) in [7, 11) is 0. The molecule has 7 nitrogen and oxygen atoms in total. The topological polar surface area (TPSA) is 69.9 Å². The van der Waals surface area contributed by atoms with Gasteiger partial charge in [-0.15, -0.1) is 0 Å². The van der Waals surface area contributed by atoms with E-state index in [0.29, 0.717) is 44.2 Å². The average Bonchev–Trinajstić information content (AvgIpc) is 3.33. The van der Waals surface area contributed by atoms with Crippen molar-refractivity contribution < 1.29 is 27.2 Å². The molecule has 2 amide bonds. The van der Waals surface area contributed by atoms with Crippen LogP contribution in [0.5, 0.6) is 0 Å². The molecule has 1 saturated heterocycles. The molecule has 0 atom stereocenters. The Morgan fingerprint density at radius 2 is 1.68 bits per heavy atom. The lowest BCUT2D eigenvalue weighted by Gasteiger charge is -2.33. The Hall–Kier alpha value is -3.66. The molecule has 1 aliphatic heterocycles. The van der Waals surface area contributed by atoms with Crippen molar-refractivity contribution >= 4 is 11.8 Å². The Balaban J connectivity index is 1.51. The molecule has 2 aromatic carbocycles. The number of carbonyl (C=O) groups is 2. The van der Waals surface area contributed by atoms with Crippen LogP contribution < -0.4 is 0 Å². The van der Waals surface area contributed by atoms with Crippen molar-refractivity contribution in [2.45, 2.75) is 46.6 Å². The van der Waals surface area contributed by atoms with Crippen molar-refractivity contribution in [1.29, 1.82) is 0 Å². The smallest absolute Gasteiger partial charge is 0.416 e. The summed E-state index contributed by atoms with van der Waals surface area (Å²) in [4.78, 5) is 34.2. The number of aromatic nitrogens is 1. The molecule has 1 fully saturated rings. The first-order valence-electron chi connectivity index (χ1n) is 12.4. The van der Waals surface area contributed by atoms with E-state index in [1.165, 1.54) is 19.3 Å². The highest BCUT2D eigenvalue weighted by atomic mass is 19.4. The number of piperazine rings is 1. The van der Waals surface area contributed by atoms with Crippen LogP contribution in [0.3, 0.4) is 0 Å². The first-order valence-corrected chi connectivity index (χ1v) is 12.4. The second-order valence-electron chi connectivity index (χ2n) is 9.70. The summed E-state index contributed by atoms with van der Waals surface area (Å²) < 4.78 is 45.5. The van der Waals surface area contributed by atoms with Gasteiger partial charge in [-0.1, -0.05) is 42.0 Å². The number of oxazole rings is 1. The van der Waals surface area contributed by atoms with Crippen LogP contribution in [-0.2, 0) is 30.6 Å². The SMILES string of the molecule is CC(=O)N1CCN(C(=O)c2coc(CN(Cc3cccc(C(F)(F)F)c3)Cc3ccc(C)cc3C)n2)CC1. The minimum atomic E-state index is -4.43. The Morgan fingerprint density at radius 3 is 2.34 bits per heavy atom. The van der Waals surface area contributed by atoms with Crippen LogP contribution in [0.15, 0.2) is 53.1 Å². The molecule has 2 heterocycles. The number of amides is 2. The first-order chi connectivity index (χ1) is 18.0.